The molecule has 0 unspecified atom stereocenters. The number of nitrogens with one attached hydrogen (secondary N) is 2. The van der Waals surface area contributed by atoms with E-state index in [1.165, 1.54) is 7.11 Å². The SMILES string of the molecule is COc1ccccc1C(=O)NN1C[C@@H](C(=O)OCC(=O)Nc2cccc(C)c2C)CC1=O. The molecule has 1 aliphatic heterocycles. The largest absolute Gasteiger partial charge is 0.496 e. The third-order valence-corrected chi connectivity index (χ3v) is 5.27. The Kier molecular flexibility index (Phi) is 7.09. The summed E-state index contributed by atoms with van der Waals surface area (Å²) in [5, 5.41) is 3.79. The molecule has 1 aliphatic rings. The lowest BCUT2D eigenvalue weighted by Gasteiger charge is -2.18. The number of esters is 1. The Balaban J connectivity index is 1.52. The van der Waals surface area contributed by atoms with E-state index in [0.29, 0.717) is 11.4 Å². The summed E-state index contributed by atoms with van der Waals surface area (Å²) in [6, 6.07) is 12.1. The first-order valence-corrected chi connectivity index (χ1v) is 10.1. The summed E-state index contributed by atoms with van der Waals surface area (Å²) >= 11 is 0. The van der Waals surface area contributed by atoms with Crippen LogP contribution in [0.4, 0.5) is 5.69 Å². The number of aryl methyl sites for hydroxylation is 1. The lowest BCUT2D eigenvalue weighted by atomic mass is 10.1. The predicted molar refractivity (Wildman–Crippen MR) is 116 cm³/mol. The molecule has 0 radical (unpaired) electrons. The van der Waals surface area contributed by atoms with Gasteiger partial charge in [-0.2, -0.15) is 0 Å². The van der Waals surface area contributed by atoms with Gasteiger partial charge in [0, 0.05) is 12.1 Å². The minimum Gasteiger partial charge on any atom is -0.496 e. The van der Waals surface area contributed by atoms with Gasteiger partial charge in [0.2, 0.25) is 5.91 Å². The Hall–Kier alpha value is -3.88. The van der Waals surface area contributed by atoms with Gasteiger partial charge < -0.3 is 14.8 Å². The molecule has 32 heavy (non-hydrogen) atoms. The van der Waals surface area contributed by atoms with Crippen molar-refractivity contribution in [1.29, 1.82) is 0 Å². The number of methoxy groups -OCH3 is 1. The Morgan fingerprint density at radius 2 is 1.84 bits per heavy atom. The molecule has 9 nitrogen and oxygen atoms in total. The zero-order valence-electron chi connectivity index (χ0n) is 18.1. The van der Waals surface area contributed by atoms with Gasteiger partial charge in [-0.3, -0.25) is 29.6 Å². The molecule has 3 amide bonds. The summed E-state index contributed by atoms with van der Waals surface area (Å²) in [4.78, 5) is 49.2. The molecule has 9 heteroatoms. The van der Waals surface area contributed by atoms with E-state index in [-0.39, 0.29) is 18.5 Å². The molecule has 168 valence electrons. The lowest BCUT2D eigenvalue weighted by molar-refractivity contribution is -0.151. The van der Waals surface area contributed by atoms with Gasteiger partial charge in [0.1, 0.15) is 5.75 Å². The molecule has 1 heterocycles. The highest BCUT2D eigenvalue weighted by atomic mass is 16.5. The van der Waals surface area contributed by atoms with Crippen molar-refractivity contribution < 1.29 is 28.7 Å². The van der Waals surface area contributed by atoms with Crippen molar-refractivity contribution in [3.8, 4) is 5.75 Å². The Labute approximate surface area is 185 Å². The number of rotatable bonds is 7. The van der Waals surface area contributed by atoms with Crippen LogP contribution in [-0.4, -0.2) is 49.0 Å². The molecule has 1 fully saturated rings. The second-order valence-corrected chi connectivity index (χ2v) is 7.45. The average molecular weight is 439 g/mol. The van der Waals surface area contributed by atoms with Crippen molar-refractivity contribution in [2.24, 2.45) is 5.92 Å². The number of benzene rings is 2. The number of anilines is 1. The van der Waals surface area contributed by atoms with Crippen molar-refractivity contribution in [3.63, 3.8) is 0 Å². The monoisotopic (exact) mass is 439 g/mol. The number of carbonyl (C=O) groups excluding carboxylic acids is 4. The smallest absolute Gasteiger partial charge is 0.311 e. The van der Waals surface area contributed by atoms with Crippen molar-refractivity contribution >= 4 is 29.4 Å². The van der Waals surface area contributed by atoms with Crippen molar-refractivity contribution in [2.45, 2.75) is 20.3 Å². The molecule has 1 saturated heterocycles. The topological polar surface area (TPSA) is 114 Å². The third-order valence-electron chi connectivity index (χ3n) is 5.27. The average Bonchev–Trinajstić information content (AvgIpc) is 3.15. The summed E-state index contributed by atoms with van der Waals surface area (Å²) in [5.41, 5.74) is 5.35. The third kappa shape index (κ3) is 5.23. The molecule has 2 aromatic carbocycles. The fourth-order valence-corrected chi connectivity index (χ4v) is 3.32. The second-order valence-electron chi connectivity index (χ2n) is 7.45. The quantitative estimate of drug-likeness (QED) is 0.638. The molecule has 1 atom stereocenters. The molecule has 0 aromatic heterocycles. The highest BCUT2D eigenvalue weighted by molar-refractivity contribution is 5.99. The van der Waals surface area contributed by atoms with Crippen LogP contribution in [0.25, 0.3) is 0 Å². The minimum absolute atomic E-state index is 0.0445. The summed E-state index contributed by atoms with van der Waals surface area (Å²) in [7, 11) is 1.44. The summed E-state index contributed by atoms with van der Waals surface area (Å²) in [6.45, 7) is 3.30. The van der Waals surface area contributed by atoms with Gasteiger partial charge in [-0.25, -0.2) is 0 Å². The fraction of sp³-hybridized carbons (Fsp3) is 0.304. The van der Waals surface area contributed by atoms with E-state index < -0.39 is 36.2 Å². The number of hydrazine groups is 1. The van der Waals surface area contributed by atoms with Crippen molar-refractivity contribution in [3.05, 3.63) is 59.2 Å². The minimum atomic E-state index is -0.783. The maximum Gasteiger partial charge on any atom is 0.311 e. The molecular weight excluding hydrogens is 414 g/mol. The number of amides is 3. The van der Waals surface area contributed by atoms with E-state index in [1.807, 2.05) is 26.0 Å². The zero-order chi connectivity index (χ0) is 23.3. The van der Waals surface area contributed by atoms with Crippen LogP contribution in [0.3, 0.4) is 0 Å². The van der Waals surface area contributed by atoms with E-state index in [4.69, 9.17) is 9.47 Å². The number of ether oxygens (including phenoxy) is 2. The second kappa shape index (κ2) is 9.95. The van der Waals surface area contributed by atoms with E-state index in [2.05, 4.69) is 10.7 Å². The van der Waals surface area contributed by atoms with Gasteiger partial charge in [-0.1, -0.05) is 24.3 Å². The van der Waals surface area contributed by atoms with Gasteiger partial charge in [0.15, 0.2) is 6.61 Å². The van der Waals surface area contributed by atoms with Crippen molar-refractivity contribution in [2.75, 3.05) is 25.6 Å². The number of hydrogen-bond donors (Lipinski definition) is 2. The van der Waals surface area contributed by atoms with E-state index in [9.17, 15) is 19.2 Å². The van der Waals surface area contributed by atoms with Crippen LogP contribution in [0, 0.1) is 19.8 Å². The zero-order valence-corrected chi connectivity index (χ0v) is 18.1. The summed E-state index contributed by atoms with van der Waals surface area (Å²) in [6.07, 6.45) is -0.121. The van der Waals surface area contributed by atoms with E-state index in [0.717, 1.165) is 16.1 Å². The maximum atomic E-state index is 12.5. The summed E-state index contributed by atoms with van der Waals surface area (Å²) in [5.74, 6) is -2.52. The molecule has 0 bridgehead atoms. The van der Waals surface area contributed by atoms with Crippen molar-refractivity contribution in [1.82, 2.24) is 10.4 Å². The molecule has 2 aromatic rings. The normalized spacial score (nSPS) is 15.3. The van der Waals surface area contributed by atoms with Crippen LogP contribution in [0.5, 0.6) is 5.75 Å². The highest BCUT2D eigenvalue weighted by Crippen LogP contribution is 2.21. The van der Waals surface area contributed by atoms with Gasteiger partial charge in [-0.15, -0.1) is 0 Å². The lowest BCUT2D eigenvalue weighted by Crippen LogP contribution is -2.43. The molecule has 0 aliphatic carbocycles. The first-order chi connectivity index (χ1) is 15.3. The van der Waals surface area contributed by atoms with Gasteiger partial charge in [0.25, 0.3) is 11.8 Å². The number of carbonyl (C=O) groups is 4. The predicted octanol–water partition coefficient (Wildman–Crippen LogP) is 1.99. The molecule has 0 saturated carbocycles. The molecule has 3 rings (SSSR count). The van der Waals surface area contributed by atoms with Crippen LogP contribution >= 0.6 is 0 Å². The molecular formula is C23H25N3O6. The number of para-hydroxylation sites is 1. The van der Waals surface area contributed by atoms with E-state index >= 15 is 0 Å². The first kappa shape index (κ1) is 22.8. The fourth-order valence-electron chi connectivity index (χ4n) is 3.32. The van der Waals surface area contributed by atoms with Crippen LogP contribution in [0.2, 0.25) is 0 Å². The Morgan fingerprint density at radius 3 is 2.59 bits per heavy atom. The van der Waals surface area contributed by atoms with Crippen LogP contribution in [0.1, 0.15) is 27.9 Å². The van der Waals surface area contributed by atoms with Crippen LogP contribution < -0.4 is 15.5 Å². The Morgan fingerprint density at radius 1 is 1.09 bits per heavy atom. The number of nitrogens with zero attached hydrogens (tertiary/aromatic N) is 1. The maximum absolute atomic E-state index is 12.5. The standard InChI is InChI=1S/C23H25N3O6/c1-14-7-6-9-18(15(14)2)24-20(27)13-32-23(30)16-11-21(28)26(12-16)25-22(29)17-8-4-5-10-19(17)31-3/h4-10,16H,11-13H2,1-3H3,(H,24,27)(H,25,29)/t16-/m0/s1. The van der Waals surface area contributed by atoms with Gasteiger partial charge >= 0.3 is 5.97 Å². The molecule has 2 N–H and O–H groups in total. The summed E-state index contributed by atoms with van der Waals surface area (Å²) < 4.78 is 10.2. The van der Waals surface area contributed by atoms with Gasteiger partial charge in [0.05, 0.1) is 25.1 Å². The van der Waals surface area contributed by atoms with Crippen LogP contribution in [0.15, 0.2) is 42.5 Å². The highest BCUT2D eigenvalue weighted by Gasteiger charge is 2.37. The Bertz CT molecular complexity index is 1050. The molecule has 0 spiro atoms. The van der Waals surface area contributed by atoms with Gasteiger partial charge in [-0.05, 0) is 43.2 Å². The van der Waals surface area contributed by atoms with E-state index in [1.54, 1.807) is 30.3 Å². The van der Waals surface area contributed by atoms with Crippen LogP contribution in [-0.2, 0) is 19.1 Å². The number of hydrogen-bond acceptors (Lipinski definition) is 6. The first-order valence-electron chi connectivity index (χ1n) is 10.1.